The Bertz CT molecular complexity index is 607. The van der Waals surface area contributed by atoms with Crippen molar-refractivity contribution in [1.82, 2.24) is 9.97 Å². The Morgan fingerprint density at radius 1 is 1.39 bits per heavy atom. The first-order valence-electron chi connectivity index (χ1n) is 4.83. The van der Waals surface area contributed by atoms with Gasteiger partial charge in [-0.2, -0.15) is 0 Å². The molecule has 2 aromatic rings. The molecule has 1 amide bonds. The van der Waals surface area contributed by atoms with Crippen LogP contribution >= 0.6 is 34.2 Å². The van der Waals surface area contributed by atoms with E-state index in [0.29, 0.717) is 0 Å². The van der Waals surface area contributed by atoms with Gasteiger partial charge in [0.25, 0.3) is 5.91 Å². The average Bonchev–Trinajstić information content (AvgIpc) is 2.32. The molecular weight excluding hydrogens is 368 g/mol. The Morgan fingerprint density at radius 2 is 2.17 bits per heavy atom. The van der Waals surface area contributed by atoms with Crippen LogP contribution in [0.4, 0.5) is 5.82 Å². The van der Waals surface area contributed by atoms with Gasteiger partial charge in [-0.05, 0) is 40.8 Å². The Kier molecular flexibility index (Phi) is 3.97. The van der Waals surface area contributed by atoms with E-state index in [9.17, 15) is 9.90 Å². The number of aromatic hydroxyl groups is 1. The maximum atomic E-state index is 11.9. The summed E-state index contributed by atoms with van der Waals surface area (Å²) in [7, 11) is 0. The predicted octanol–water partition coefficient (Wildman–Crippen LogP) is 2.69. The highest BCUT2D eigenvalue weighted by atomic mass is 127. The van der Waals surface area contributed by atoms with E-state index in [0.717, 1.165) is 3.57 Å². The SMILES string of the molecule is O=C(Nc1cncc(Cl)n1)c1cc(I)ccc1O. The topological polar surface area (TPSA) is 75.1 Å². The molecule has 2 N–H and O–H groups in total. The Balaban J connectivity index is 2.24. The number of anilines is 1. The number of benzene rings is 1. The molecule has 1 aromatic heterocycles. The number of aromatic nitrogens is 2. The summed E-state index contributed by atoms with van der Waals surface area (Å²) in [6.07, 6.45) is 2.73. The first-order valence-corrected chi connectivity index (χ1v) is 6.29. The molecule has 0 radical (unpaired) electrons. The summed E-state index contributed by atoms with van der Waals surface area (Å²) in [5.74, 6) is -0.337. The van der Waals surface area contributed by atoms with Crippen molar-refractivity contribution >= 4 is 45.9 Å². The second-order valence-corrected chi connectivity index (χ2v) is 4.98. The van der Waals surface area contributed by atoms with Crippen molar-refractivity contribution < 1.29 is 9.90 Å². The van der Waals surface area contributed by atoms with Crippen LogP contribution < -0.4 is 5.32 Å². The van der Waals surface area contributed by atoms with Crippen LogP contribution in [0.25, 0.3) is 0 Å². The zero-order valence-electron chi connectivity index (χ0n) is 8.89. The molecule has 0 unspecified atom stereocenters. The summed E-state index contributed by atoms with van der Waals surface area (Å²) in [4.78, 5) is 19.6. The number of nitrogens with one attached hydrogen (secondary N) is 1. The largest absolute Gasteiger partial charge is 0.507 e. The first-order chi connectivity index (χ1) is 8.56. The monoisotopic (exact) mass is 375 g/mol. The minimum Gasteiger partial charge on any atom is -0.507 e. The van der Waals surface area contributed by atoms with Crippen molar-refractivity contribution in [3.05, 3.63) is 44.9 Å². The molecule has 18 heavy (non-hydrogen) atoms. The Morgan fingerprint density at radius 3 is 2.89 bits per heavy atom. The summed E-state index contributed by atoms with van der Waals surface area (Å²) in [6, 6.07) is 4.73. The van der Waals surface area contributed by atoms with Gasteiger partial charge in [-0.25, -0.2) is 4.98 Å². The fourth-order valence-electron chi connectivity index (χ4n) is 1.28. The lowest BCUT2D eigenvalue weighted by Crippen LogP contribution is -2.13. The molecule has 0 aliphatic heterocycles. The first kappa shape index (κ1) is 13.0. The molecule has 0 aliphatic rings. The maximum absolute atomic E-state index is 11.9. The third kappa shape index (κ3) is 3.08. The molecule has 1 heterocycles. The zero-order valence-corrected chi connectivity index (χ0v) is 11.8. The van der Waals surface area contributed by atoms with Crippen molar-refractivity contribution in [3.8, 4) is 5.75 Å². The smallest absolute Gasteiger partial charge is 0.260 e. The fourth-order valence-corrected chi connectivity index (χ4v) is 1.91. The van der Waals surface area contributed by atoms with Crippen molar-refractivity contribution in [2.24, 2.45) is 0 Å². The lowest BCUT2D eigenvalue weighted by atomic mass is 10.2. The standard InChI is InChI=1S/C11H7ClIN3O2/c12-9-4-14-5-10(15-9)16-11(18)7-3-6(13)1-2-8(7)17/h1-5,17H,(H,15,16,18). The van der Waals surface area contributed by atoms with Crippen LogP contribution in [0, 0.1) is 3.57 Å². The number of hydrogen-bond acceptors (Lipinski definition) is 4. The van der Waals surface area contributed by atoms with Gasteiger partial charge in [0.15, 0.2) is 5.82 Å². The van der Waals surface area contributed by atoms with Crippen molar-refractivity contribution in [2.45, 2.75) is 0 Å². The molecule has 7 heteroatoms. The number of hydrogen-bond donors (Lipinski definition) is 2. The number of amides is 1. The van der Waals surface area contributed by atoms with Crippen LogP contribution in [0.3, 0.4) is 0 Å². The molecule has 92 valence electrons. The van der Waals surface area contributed by atoms with E-state index < -0.39 is 5.91 Å². The number of carbonyl (C=O) groups excluding carboxylic acids is 1. The molecule has 0 saturated heterocycles. The predicted molar refractivity (Wildman–Crippen MR) is 75.8 cm³/mol. The number of nitrogens with zero attached hydrogens (tertiary/aromatic N) is 2. The molecule has 0 aliphatic carbocycles. The minimum absolute atomic E-state index is 0.0945. The molecule has 0 fully saturated rings. The van der Waals surface area contributed by atoms with Crippen molar-refractivity contribution in [1.29, 1.82) is 0 Å². The third-order valence-corrected chi connectivity index (χ3v) is 2.90. The number of carbonyl (C=O) groups is 1. The highest BCUT2D eigenvalue weighted by Crippen LogP contribution is 2.20. The van der Waals surface area contributed by atoms with E-state index >= 15 is 0 Å². The highest BCUT2D eigenvalue weighted by Gasteiger charge is 2.12. The average molecular weight is 376 g/mol. The number of rotatable bonds is 2. The van der Waals surface area contributed by atoms with E-state index in [-0.39, 0.29) is 22.3 Å². The zero-order chi connectivity index (χ0) is 13.1. The summed E-state index contributed by atoms with van der Waals surface area (Å²) in [5, 5.41) is 12.3. The molecule has 2 rings (SSSR count). The highest BCUT2D eigenvalue weighted by molar-refractivity contribution is 14.1. The van der Waals surface area contributed by atoms with Crippen molar-refractivity contribution in [3.63, 3.8) is 0 Å². The maximum Gasteiger partial charge on any atom is 0.260 e. The van der Waals surface area contributed by atoms with Crippen molar-refractivity contribution in [2.75, 3.05) is 5.32 Å². The fraction of sp³-hybridized carbons (Fsp3) is 0. The van der Waals surface area contributed by atoms with E-state index in [4.69, 9.17) is 11.6 Å². The van der Waals surface area contributed by atoms with Crippen LogP contribution in [0.5, 0.6) is 5.75 Å². The van der Waals surface area contributed by atoms with Crippen LogP contribution in [-0.2, 0) is 0 Å². The van der Waals surface area contributed by atoms with E-state index in [1.165, 1.54) is 18.5 Å². The molecule has 0 saturated carbocycles. The van der Waals surface area contributed by atoms with Gasteiger partial charge in [0, 0.05) is 3.57 Å². The van der Waals surface area contributed by atoms with Gasteiger partial charge < -0.3 is 10.4 Å². The van der Waals surface area contributed by atoms with E-state index in [1.54, 1.807) is 12.1 Å². The summed E-state index contributed by atoms with van der Waals surface area (Å²) in [5.41, 5.74) is 0.170. The normalized spacial score (nSPS) is 10.1. The molecular formula is C11H7ClIN3O2. The second-order valence-electron chi connectivity index (χ2n) is 3.34. The van der Waals surface area contributed by atoms with Gasteiger partial charge in [0.2, 0.25) is 0 Å². The molecule has 0 spiro atoms. The van der Waals surface area contributed by atoms with Gasteiger partial charge in [-0.3, -0.25) is 9.78 Å². The summed E-state index contributed by atoms with van der Waals surface area (Å²) < 4.78 is 0.840. The molecule has 1 aromatic carbocycles. The van der Waals surface area contributed by atoms with Crippen LogP contribution in [0.15, 0.2) is 30.6 Å². The minimum atomic E-state index is -0.470. The number of phenolic OH excluding ortho intramolecular Hbond substituents is 1. The van der Waals surface area contributed by atoms with E-state index in [1.807, 2.05) is 0 Å². The Hall–Kier alpha value is -1.41. The van der Waals surface area contributed by atoms with Gasteiger partial charge in [-0.15, -0.1) is 0 Å². The number of phenols is 1. The van der Waals surface area contributed by atoms with Crippen LogP contribution in [-0.4, -0.2) is 21.0 Å². The van der Waals surface area contributed by atoms with Crippen LogP contribution in [0.2, 0.25) is 5.15 Å². The lowest BCUT2D eigenvalue weighted by molar-refractivity contribution is 0.102. The second kappa shape index (κ2) is 5.49. The summed E-state index contributed by atoms with van der Waals surface area (Å²) in [6.45, 7) is 0. The third-order valence-electron chi connectivity index (χ3n) is 2.05. The van der Waals surface area contributed by atoms with Gasteiger partial charge >= 0.3 is 0 Å². The van der Waals surface area contributed by atoms with Gasteiger partial charge in [-0.1, -0.05) is 11.6 Å². The Labute approximate surface area is 121 Å². The lowest BCUT2D eigenvalue weighted by Gasteiger charge is -2.06. The number of halogens is 2. The van der Waals surface area contributed by atoms with Crippen LogP contribution in [0.1, 0.15) is 10.4 Å². The summed E-state index contributed by atoms with van der Waals surface area (Å²) >= 11 is 7.71. The molecule has 5 nitrogen and oxygen atoms in total. The van der Waals surface area contributed by atoms with Gasteiger partial charge in [0.1, 0.15) is 10.9 Å². The quantitative estimate of drug-likeness (QED) is 0.792. The van der Waals surface area contributed by atoms with Gasteiger partial charge in [0.05, 0.1) is 18.0 Å². The molecule has 0 bridgehead atoms. The van der Waals surface area contributed by atoms with E-state index in [2.05, 4.69) is 37.9 Å². The molecule has 0 atom stereocenters.